The molecule has 0 aliphatic rings. The van der Waals surface area contributed by atoms with Gasteiger partial charge in [0, 0.05) is 30.7 Å². The van der Waals surface area contributed by atoms with E-state index in [0.29, 0.717) is 24.4 Å². The molecule has 0 radical (unpaired) electrons. The van der Waals surface area contributed by atoms with Gasteiger partial charge in [-0.1, -0.05) is 36.7 Å². The first-order valence-corrected chi connectivity index (χ1v) is 9.90. The van der Waals surface area contributed by atoms with Gasteiger partial charge in [0.25, 0.3) is 0 Å². The van der Waals surface area contributed by atoms with Crippen molar-refractivity contribution in [3.05, 3.63) is 28.7 Å². The Morgan fingerprint density at radius 3 is 2.23 bits per heavy atom. The molecule has 1 aromatic carbocycles. The van der Waals surface area contributed by atoms with Crippen molar-refractivity contribution in [2.45, 2.75) is 32.1 Å². The highest BCUT2D eigenvalue weighted by molar-refractivity contribution is 9.10. The monoisotopic (exact) mass is 391 g/mol. The van der Waals surface area contributed by atoms with Crippen molar-refractivity contribution in [2.75, 3.05) is 32.0 Å². The summed E-state index contributed by atoms with van der Waals surface area (Å²) >= 11 is 3.31. The van der Waals surface area contributed by atoms with E-state index < -0.39 is 9.84 Å². The molecule has 0 aliphatic carbocycles. The van der Waals surface area contributed by atoms with Gasteiger partial charge < -0.3 is 10.0 Å². The average Bonchev–Trinajstić information content (AvgIpc) is 2.41. The van der Waals surface area contributed by atoms with Crippen molar-refractivity contribution in [1.29, 1.82) is 0 Å². The average molecular weight is 392 g/mol. The van der Waals surface area contributed by atoms with Crippen LogP contribution in [0.2, 0.25) is 0 Å². The summed E-state index contributed by atoms with van der Waals surface area (Å²) in [5, 5.41) is 9.00. The number of aliphatic hydroxyl groups excluding tert-OH is 1. The SMILES string of the molecule is CC(C)(C)CN(CCCO)CCS(=O)(=O)c1ccc(Br)cc1. The van der Waals surface area contributed by atoms with E-state index in [9.17, 15) is 8.42 Å². The molecule has 0 unspecified atom stereocenters. The van der Waals surface area contributed by atoms with Crippen molar-refractivity contribution < 1.29 is 13.5 Å². The van der Waals surface area contributed by atoms with Gasteiger partial charge in [-0.05, 0) is 36.1 Å². The molecule has 4 nitrogen and oxygen atoms in total. The van der Waals surface area contributed by atoms with Crippen LogP contribution in [0, 0.1) is 5.41 Å². The van der Waals surface area contributed by atoms with Crippen LogP contribution in [-0.2, 0) is 9.84 Å². The maximum absolute atomic E-state index is 12.4. The summed E-state index contributed by atoms with van der Waals surface area (Å²) < 4.78 is 25.7. The van der Waals surface area contributed by atoms with Gasteiger partial charge in [-0.15, -0.1) is 0 Å². The number of benzene rings is 1. The number of sulfone groups is 1. The Labute approximate surface area is 142 Å². The lowest BCUT2D eigenvalue weighted by molar-refractivity contribution is 0.180. The van der Waals surface area contributed by atoms with E-state index in [2.05, 4.69) is 41.6 Å². The molecule has 22 heavy (non-hydrogen) atoms. The molecule has 1 aromatic rings. The first-order chi connectivity index (χ1) is 10.1. The van der Waals surface area contributed by atoms with Crippen molar-refractivity contribution in [3.8, 4) is 0 Å². The lowest BCUT2D eigenvalue weighted by Crippen LogP contribution is -2.37. The van der Waals surface area contributed by atoms with E-state index in [4.69, 9.17) is 5.11 Å². The highest BCUT2D eigenvalue weighted by Gasteiger charge is 2.20. The maximum atomic E-state index is 12.4. The highest BCUT2D eigenvalue weighted by Crippen LogP contribution is 2.18. The Hall–Kier alpha value is -0.430. The second kappa shape index (κ2) is 8.43. The number of rotatable bonds is 8. The third-order valence-electron chi connectivity index (χ3n) is 3.18. The summed E-state index contributed by atoms with van der Waals surface area (Å²) in [5.74, 6) is 0.0934. The van der Waals surface area contributed by atoms with Crippen molar-refractivity contribution in [2.24, 2.45) is 5.41 Å². The fourth-order valence-corrected chi connectivity index (χ4v) is 3.79. The van der Waals surface area contributed by atoms with Gasteiger partial charge in [0.05, 0.1) is 10.6 Å². The molecule has 1 N–H and O–H groups in total. The topological polar surface area (TPSA) is 57.6 Å². The molecule has 0 saturated carbocycles. The van der Waals surface area contributed by atoms with Crippen LogP contribution < -0.4 is 0 Å². The number of hydrogen-bond acceptors (Lipinski definition) is 4. The predicted octanol–water partition coefficient (Wildman–Crippen LogP) is 2.95. The van der Waals surface area contributed by atoms with Gasteiger partial charge in [0.2, 0.25) is 0 Å². The minimum atomic E-state index is -3.28. The summed E-state index contributed by atoms with van der Waals surface area (Å²) in [6.45, 7) is 8.51. The number of halogens is 1. The Morgan fingerprint density at radius 1 is 1.14 bits per heavy atom. The van der Waals surface area contributed by atoms with E-state index in [0.717, 1.165) is 11.0 Å². The van der Waals surface area contributed by atoms with Crippen LogP contribution in [0.5, 0.6) is 0 Å². The largest absolute Gasteiger partial charge is 0.396 e. The number of hydrogen-bond donors (Lipinski definition) is 1. The summed E-state index contributed by atoms with van der Waals surface area (Å²) in [7, 11) is -3.28. The third-order valence-corrected chi connectivity index (χ3v) is 5.42. The molecule has 0 heterocycles. The van der Waals surface area contributed by atoms with Gasteiger partial charge in [-0.2, -0.15) is 0 Å². The van der Waals surface area contributed by atoms with Crippen molar-refractivity contribution in [1.82, 2.24) is 4.90 Å². The molecule has 0 atom stereocenters. The second-order valence-corrected chi connectivity index (χ2v) is 9.71. The second-order valence-electron chi connectivity index (χ2n) is 6.69. The standard InChI is InChI=1S/C16H26BrNO3S/c1-16(2,3)13-18(9-4-11-19)10-12-22(20,21)15-7-5-14(17)6-8-15/h5-8,19H,4,9-13H2,1-3H3. The van der Waals surface area contributed by atoms with Gasteiger partial charge in [0.1, 0.15) is 0 Å². The zero-order chi connectivity index (χ0) is 16.8. The smallest absolute Gasteiger partial charge is 0.179 e. The third kappa shape index (κ3) is 7.22. The van der Waals surface area contributed by atoms with E-state index in [1.54, 1.807) is 24.3 Å². The molecular formula is C16H26BrNO3S. The lowest BCUT2D eigenvalue weighted by Gasteiger charge is -2.29. The van der Waals surface area contributed by atoms with Crippen LogP contribution in [-0.4, -0.2) is 50.4 Å². The van der Waals surface area contributed by atoms with Crippen LogP contribution in [0.15, 0.2) is 33.6 Å². The molecule has 0 aromatic heterocycles. The van der Waals surface area contributed by atoms with Gasteiger partial charge in [0.15, 0.2) is 9.84 Å². The zero-order valence-electron chi connectivity index (χ0n) is 13.5. The Balaban J connectivity index is 2.71. The van der Waals surface area contributed by atoms with E-state index >= 15 is 0 Å². The molecule has 0 saturated heterocycles. The van der Waals surface area contributed by atoms with Crippen LogP contribution in [0.1, 0.15) is 27.2 Å². The van der Waals surface area contributed by atoms with Crippen molar-refractivity contribution in [3.63, 3.8) is 0 Å². The Kier molecular flexibility index (Phi) is 7.52. The van der Waals surface area contributed by atoms with Gasteiger partial charge >= 0.3 is 0 Å². The normalized spacial score (nSPS) is 12.8. The first kappa shape index (κ1) is 19.6. The quantitative estimate of drug-likeness (QED) is 0.739. The molecule has 1 rings (SSSR count). The summed E-state index contributed by atoms with van der Waals surface area (Å²) in [6, 6.07) is 6.74. The van der Waals surface area contributed by atoms with Gasteiger partial charge in [-0.25, -0.2) is 8.42 Å². The van der Waals surface area contributed by atoms with Gasteiger partial charge in [-0.3, -0.25) is 0 Å². The van der Waals surface area contributed by atoms with Crippen LogP contribution in [0.3, 0.4) is 0 Å². The summed E-state index contributed by atoms with van der Waals surface area (Å²) in [5.41, 5.74) is 0.0941. The highest BCUT2D eigenvalue weighted by atomic mass is 79.9. The number of aliphatic hydroxyl groups is 1. The molecule has 0 bridgehead atoms. The first-order valence-electron chi connectivity index (χ1n) is 7.45. The Bertz CT molecular complexity index is 550. The minimum absolute atomic E-state index is 0.0934. The number of nitrogens with zero attached hydrogens (tertiary/aromatic N) is 1. The molecule has 0 amide bonds. The molecule has 126 valence electrons. The minimum Gasteiger partial charge on any atom is -0.396 e. The molecule has 0 spiro atoms. The van der Waals surface area contributed by atoms with Crippen LogP contribution >= 0.6 is 15.9 Å². The Morgan fingerprint density at radius 2 is 1.73 bits per heavy atom. The van der Waals surface area contributed by atoms with E-state index in [1.165, 1.54) is 0 Å². The maximum Gasteiger partial charge on any atom is 0.179 e. The van der Waals surface area contributed by atoms with E-state index in [1.807, 2.05) is 0 Å². The molecule has 0 fully saturated rings. The van der Waals surface area contributed by atoms with Crippen LogP contribution in [0.4, 0.5) is 0 Å². The summed E-state index contributed by atoms with van der Waals surface area (Å²) in [4.78, 5) is 2.47. The molecular weight excluding hydrogens is 366 g/mol. The summed E-state index contributed by atoms with van der Waals surface area (Å²) in [6.07, 6.45) is 0.661. The lowest BCUT2D eigenvalue weighted by atomic mass is 9.96. The molecule has 6 heteroatoms. The predicted molar refractivity (Wildman–Crippen MR) is 93.8 cm³/mol. The fourth-order valence-electron chi connectivity index (χ4n) is 2.24. The zero-order valence-corrected chi connectivity index (χ0v) is 16.0. The molecule has 0 aliphatic heterocycles. The fraction of sp³-hybridized carbons (Fsp3) is 0.625. The van der Waals surface area contributed by atoms with Crippen molar-refractivity contribution >= 4 is 25.8 Å². The van der Waals surface area contributed by atoms with Crippen LogP contribution in [0.25, 0.3) is 0 Å². The van der Waals surface area contributed by atoms with E-state index in [-0.39, 0.29) is 17.8 Å².